The molecule has 5 rings (SSSR count). The van der Waals surface area contributed by atoms with Gasteiger partial charge in [0, 0.05) is 49.7 Å². The minimum atomic E-state index is -3.64. The molecular formula is C23H25N5O3S3. The molecule has 34 heavy (non-hydrogen) atoms. The van der Waals surface area contributed by atoms with E-state index >= 15 is 0 Å². The van der Waals surface area contributed by atoms with Crippen LogP contribution in [0, 0.1) is 0 Å². The van der Waals surface area contributed by atoms with Gasteiger partial charge in [-0.25, -0.2) is 13.4 Å². The van der Waals surface area contributed by atoms with Crippen molar-refractivity contribution >= 4 is 55.2 Å². The van der Waals surface area contributed by atoms with Crippen molar-refractivity contribution in [2.24, 2.45) is 0 Å². The normalized spacial score (nSPS) is 15.4. The number of thiophene rings is 1. The molecule has 178 valence electrons. The third-order valence-corrected chi connectivity index (χ3v) is 10.2. The summed E-state index contributed by atoms with van der Waals surface area (Å²) in [6, 6.07) is 11.0. The molecule has 1 aliphatic rings. The van der Waals surface area contributed by atoms with E-state index in [0.29, 0.717) is 23.0 Å². The number of sulfonamides is 1. The van der Waals surface area contributed by atoms with Gasteiger partial charge in [0.05, 0.1) is 23.4 Å². The van der Waals surface area contributed by atoms with Crippen LogP contribution in [0.3, 0.4) is 0 Å². The Bertz CT molecular complexity index is 1430. The van der Waals surface area contributed by atoms with E-state index < -0.39 is 10.0 Å². The van der Waals surface area contributed by atoms with Crippen molar-refractivity contribution in [3.63, 3.8) is 0 Å². The molecule has 1 saturated heterocycles. The highest BCUT2D eigenvalue weighted by atomic mass is 32.2. The van der Waals surface area contributed by atoms with Crippen LogP contribution in [0.1, 0.15) is 11.8 Å². The minimum Gasteiger partial charge on any atom is -0.351 e. The number of hydrogen-bond acceptors (Lipinski definition) is 7. The fourth-order valence-electron chi connectivity index (χ4n) is 4.14. The minimum absolute atomic E-state index is 0.170. The maximum absolute atomic E-state index is 13.0. The smallest absolute Gasteiger partial charge is 0.273 e. The zero-order valence-corrected chi connectivity index (χ0v) is 21.3. The molecule has 4 aromatic rings. The van der Waals surface area contributed by atoms with Crippen LogP contribution in [0.25, 0.3) is 21.6 Å². The van der Waals surface area contributed by atoms with Gasteiger partial charge in [-0.15, -0.1) is 22.7 Å². The van der Waals surface area contributed by atoms with E-state index in [0.717, 1.165) is 46.1 Å². The van der Waals surface area contributed by atoms with Gasteiger partial charge in [-0.1, -0.05) is 18.2 Å². The number of hydrogen-bond donors (Lipinski definition) is 1. The lowest BCUT2D eigenvalue weighted by Gasteiger charge is -2.33. The fraction of sp³-hybridized carbons (Fsp3) is 0.304. The predicted molar refractivity (Wildman–Crippen MR) is 137 cm³/mol. The molecule has 0 unspecified atom stereocenters. The van der Waals surface area contributed by atoms with Crippen LogP contribution >= 0.6 is 22.7 Å². The number of fused-ring (bicyclic) bond motifs is 1. The van der Waals surface area contributed by atoms with Crippen molar-refractivity contribution in [1.29, 1.82) is 0 Å². The van der Waals surface area contributed by atoms with E-state index in [-0.39, 0.29) is 5.91 Å². The number of aromatic amines is 1. The van der Waals surface area contributed by atoms with Crippen LogP contribution in [0.15, 0.2) is 52.2 Å². The molecule has 0 saturated carbocycles. The van der Waals surface area contributed by atoms with Crippen LogP contribution in [-0.4, -0.2) is 67.3 Å². The molecule has 3 aromatic heterocycles. The van der Waals surface area contributed by atoms with Gasteiger partial charge in [0.2, 0.25) is 5.91 Å². The summed E-state index contributed by atoms with van der Waals surface area (Å²) >= 11 is 2.78. The summed E-state index contributed by atoms with van der Waals surface area (Å²) in [7, 11) is -2.06. The summed E-state index contributed by atoms with van der Waals surface area (Å²) in [5.74, 6) is 0.170. The highest BCUT2D eigenvalue weighted by Crippen LogP contribution is 2.34. The molecule has 11 heteroatoms. The molecule has 1 N–H and O–H groups in total. The number of para-hydroxylation sites is 1. The molecule has 4 heterocycles. The summed E-state index contributed by atoms with van der Waals surface area (Å²) in [5, 5.41) is 3.51. The van der Waals surface area contributed by atoms with E-state index in [2.05, 4.69) is 14.9 Å². The van der Waals surface area contributed by atoms with Crippen molar-refractivity contribution < 1.29 is 13.2 Å². The van der Waals surface area contributed by atoms with Crippen molar-refractivity contribution in [2.75, 3.05) is 37.5 Å². The number of piperazine rings is 1. The van der Waals surface area contributed by atoms with Crippen LogP contribution < -0.4 is 4.31 Å². The molecule has 0 spiro atoms. The van der Waals surface area contributed by atoms with Gasteiger partial charge in [0.1, 0.15) is 9.22 Å². The molecule has 0 bridgehead atoms. The summed E-state index contributed by atoms with van der Waals surface area (Å²) < 4.78 is 27.7. The number of likely N-dealkylation sites (N-methyl/N-ethyl adjacent to an activating group) is 1. The lowest BCUT2D eigenvalue weighted by atomic mass is 10.2. The average Bonchev–Trinajstić information content (AvgIpc) is 3.59. The quantitative estimate of drug-likeness (QED) is 0.404. The lowest BCUT2D eigenvalue weighted by Crippen LogP contribution is -2.49. The zero-order valence-electron chi connectivity index (χ0n) is 18.9. The van der Waals surface area contributed by atoms with E-state index in [1.54, 1.807) is 42.0 Å². The Morgan fingerprint density at radius 3 is 2.79 bits per heavy atom. The second-order valence-corrected chi connectivity index (χ2v) is 12.4. The van der Waals surface area contributed by atoms with Gasteiger partial charge >= 0.3 is 0 Å². The number of carbonyl (C=O) groups excluding carboxylic acids is 1. The number of nitrogens with one attached hydrogen (secondary N) is 1. The molecule has 1 aliphatic heterocycles. The number of nitrogens with zero attached hydrogens (tertiary/aromatic N) is 4. The Kier molecular flexibility index (Phi) is 6.19. The highest BCUT2D eigenvalue weighted by molar-refractivity contribution is 7.94. The fourth-order valence-corrected chi connectivity index (χ4v) is 7.44. The Morgan fingerprint density at radius 2 is 2.06 bits per heavy atom. The molecule has 0 aliphatic carbocycles. The number of anilines is 1. The van der Waals surface area contributed by atoms with Gasteiger partial charge in [-0.05, 0) is 30.5 Å². The number of benzene rings is 1. The Labute approximate surface area is 206 Å². The van der Waals surface area contributed by atoms with Gasteiger partial charge in [-0.2, -0.15) is 0 Å². The van der Waals surface area contributed by atoms with E-state index in [1.807, 2.05) is 36.2 Å². The van der Waals surface area contributed by atoms with Crippen molar-refractivity contribution in [3.8, 4) is 10.7 Å². The highest BCUT2D eigenvalue weighted by Gasteiger charge is 2.25. The summed E-state index contributed by atoms with van der Waals surface area (Å²) in [4.78, 5) is 25.3. The van der Waals surface area contributed by atoms with Gasteiger partial charge in [-0.3, -0.25) is 14.0 Å². The first-order valence-corrected chi connectivity index (χ1v) is 14.1. The van der Waals surface area contributed by atoms with Crippen molar-refractivity contribution in [2.45, 2.75) is 17.7 Å². The molecule has 0 atom stereocenters. The van der Waals surface area contributed by atoms with Crippen molar-refractivity contribution in [3.05, 3.63) is 52.9 Å². The monoisotopic (exact) mass is 515 g/mol. The van der Waals surface area contributed by atoms with E-state index in [1.165, 1.54) is 15.6 Å². The number of H-pyrrole nitrogens is 1. The zero-order chi connectivity index (χ0) is 23.9. The summed E-state index contributed by atoms with van der Waals surface area (Å²) in [6.07, 6.45) is 1.86. The molecule has 8 nitrogen and oxygen atoms in total. The maximum atomic E-state index is 13.0. The number of amides is 1. The SMILES string of the molecule is CCN1CCN(Cc2cnc(-c3cc4cccc(N(C)S(=O)(=O)c5cccs5)c4[nH]3)s2)CC1=O. The van der Waals surface area contributed by atoms with Crippen molar-refractivity contribution in [1.82, 2.24) is 19.8 Å². The standard InChI is InChI=1S/C23H25N5O3S3/c1-3-28-10-9-27(15-20(28)29)14-17-13-24-23(33-17)18-12-16-6-4-7-19(22(16)25-18)26(2)34(30,31)21-8-5-11-32-21/h4-8,11-13,25H,3,9-10,14-15H2,1-2H3. The second kappa shape index (κ2) is 9.14. The van der Waals surface area contributed by atoms with Gasteiger partial charge in [0.25, 0.3) is 10.0 Å². The first-order valence-electron chi connectivity index (χ1n) is 11.0. The van der Waals surface area contributed by atoms with Gasteiger partial charge in [0.15, 0.2) is 0 Å². The largest absolute Gasteiger partial charge is 0.351 e. The number of carbonyl (C=O) groups is 1. The molecule has 1 fully saturated rings. The second-order valence-electron chi connectivity index (χ2n) is 8.14. The van der Waals surface area contributed by atoms with E-state index in [9.17, 15) is 13.2 Å². The average molecular weight is 516 g/mol. The molecule has 1 amide bonds. The predicted octanol–water partition coefficient (Wildman–Crippen LogP) is 3.84. The van der Waals surface area contributed by atoms with Crippen LogP contribution in [-0.2, 0) is 21.4 Å². The molecular weight excluding hydrogens is 490 g/mol. The summed E-state index contributed by atoms with van der Waals surface area (Å²) in [5.41, 5.74) is 2.17. The number of rotatable bonds is 7. The van der Waals surface area contributed by atoms with Crippen LogP contribution in [0.4, 0.5) is 5.69 Å². The molecule has 0 radical (unpaired) electrons. The third-order valence-electron chi connectivity index (χ3n) is 6.03. The Morgan fingerprint density at radius 1 is 1.21 bits per heavy atom. The number of thiazole rings is 1. The van der Waals surface area contributed by atoms with Crippen LogP contribution in [0.2, 0.25) is 0 Å². The first-order chi connectivity index (χ1) is 16.4. The van der Waals surface area contributed by atoms with Gasteiger partial charge < -0.3 is 9.88 Å². The Hall–Kier alpha value is -2.73. The first kappa shape index (κ1) is 23.0. The van der Waals surface area contributed by atoms with Crippen LogP contribution in [0.5, 0.6) is 0 Å². The Balaban J connectivity index is 1.39. The maximum Gasteiger partial charge on any atom is 0.273 e. The lowest BCUT2D eigenvalue weighted by molar-refractivity contribution is -0.135. The van der Waals surface area contributed by atoms with E-state index in [4.69, 9.17) is 0 Å². The third kappa shape index (κ3) is 4.24. The number of aromatic nitrogens is 2. The topological polar surface area (TPSA) is 89.6 Å². The summed E-state index contributed by atoms with van der Waals surface area (Å²) in [6.45, 7) is 5.49. The molecule has 1 aromatic carbocycles.